The molecule has 6 heteroatoms. The van der Waals surface area contributed by atoms with Gasteiger partial charge in [0.05, 0.1) is 26.9 Å². The molecule has 0 radical (unpaired) electrons. The molecule has 2 aromatic rings. The van der Waals surface area contributed by atoms with E-state index in [1.807, 2.05) is 6.07 Å². The van der Waals surface area contributed by atoms with E-state index in [4.69, 9.17) is 4.74 Å². The summed E-state index contributed by atoms with van der Waals surface area (Å²) in [6, 6.07) is 12.1. The van der Waals surface area contributed by atoms with Crippen LogP contribution in [0.2, 0.25) is 0 Å². The van der Waals surface area contributed by atoms with Crippen molar-refractivity contribution in [2.24, 2.45) is 5.92 Å². The van der Waals surface area contributed by atoms with Gasteiger partial charge in [0.2, 0.25) is 9.84 Å². The van der Waals surface area contributed by atoms with Crippen LogP contribution in [0, 0.1) is 5.92 Å². The maximum absolute atomic E-state index is 12.9. The monoisotopic (exact) mass is 385 g/mol. The number of nitrogens with one attached hydrogen (secondary N) is 1. The fourth-order valence-corrected chi connectivity index (χ4v) is 5.49. The third kappa shape index (κ3) is 3.35. The minimum absolute atomic E-state index is 0.112. The molecule has 2 aromatic carbocycles. The first-order valence-electron chi connectivity index (χ1n) is 9.17. The smallest absolute Gasteiger partial charge is 0.210 e. The Labute approximate surface area is 159 Å². The number of sulfone groups is 1. The molecule has 0 spiro atoms. The molecule has 2 N–H and O–H groups in total. The van der Waals surface area contributed by atoms with Gasteiger partial charge in [-0.05, 0) is 55.0 Å². The quantitative estimate of drug-likeness (QED) is 0.645. The van der Waals surface area contributed by atoms with Crippen molar-refractivity contribution in [1.82, 2.24) is 0 Å². The van der Waals surface area contributed by atoms with Crippen LogP contribution in [0.3, 0.4) is 0 Å². The van der Waals surface area contributed by atoms with Gasteiger partial charge < -0.3 is 15.2 Å². The van der Waals surface area contributed by atoms with Gasteiger partial charge in [0, 0.05) is 19.1 Å². The van der Waals surface area contributed by atoms with E-state index in [2.05, 4.69) is 11.9 Å². The topological polar surface area (TPSA) is 75.6 Å². The third-order valence-electron chi connectivity index (χ3n) is 5.45. The number of hydrogen-bond donors (Lipinski definition) is 2. The maximum atomic E-state index is 12.9. The highest BCUT2D eigenvalue weighted by Gasteiger charge is 2.30. The first-order chi connectivity index (χ1) is 13.0. The number of allylic oxidation sites excluding steroid dienone is 1. The molecule has 0 amide bonds. The highest BCUT2D eigenvalue weighted by atomic mass is 32.2. The molecule has 142 valence electrons. The van der Waals surface area contributed by atoms with Crippen LogP contribution in [0.4, 0.5) is 11.4 Å². The first-order valence-corrected chi connectivity index (χ1v) is 10.7. The molecule has 2 aliphatic heterocycles. The van der Waals surface area contributed by atoms with Crippen molar-refractivity contribution >= 4 is 21.2 Å². The lowest BCUT2D eigenvalue weighted by atomic mass is 9.84. The number of rotatable bonds is 4. The van der Waals surface area contributed by atoms with E-state index in [1.165, 1.54) is 0 Å². The summed E-state index contributed by atoms with van der Waals surface area (Å²) in [6.45, 7) is 5.25. The second-order valence-corrected chi connectivity index (χ2v) is 9.10. The van der Waals surface area contributed by atoms with Crippen LogP contribution in [-0.2, 0) is 14.6 Å². The molecule has 1 unspecified atom stereocenters. The second kappa shape index (κ2) is 7.02. The summed E-state index contributed by atoms with van der Waals surface area (Å²) in [5, 5.41) is 13.4. The van der Waals surface area contributed by atoms with E-state index in [0.29, 0.717) is 17.3 Å². The van der Waals surface area contributed by atoms with Gasteiger partial charge in [-0.25, -0.2) is 8.42 Å². The van der Waals surface area contributed by atoms with E-state index in [9.17, 15) is 13.5 Å². The molecule has 2 aliphatic rings. The van der Waals surface area contributed by atoms with Crippen molar-refractivity contribution in [3.63, 3.8) is 0 Å². The van der Waals surface area contributed by atoms with Gasteiger partial charge in [-0.1, -0.05) is 24.8 Å². The zero-order valence-corrected chi connectivity index (χ0v) is 15.8. The third-order valence-corrected chi connectivity index (χ3v) is 7.32. The fraction of sp³-hybridized carbons (Fsp3) is 0.333. The molecule has 0 saturated carbocycles. The van der Waals surface area contributed by atoms with Gasteiger partial charge in [-0.15, -0.1) is 0 Å². The summed E-state index contributed by atoms with van der Waals surface area (Å²) in [5.41, 5.74) is 1.99. The summed E-state index contributed by atoms with van der Waals surface area (Å²) in [7, 11) is -3.56. The molecular weight excluding hydrogens is 362 g/mol. The number of benzene rings is 2. The Balaban J connectivity index is 1.69. The number of fused-ring (bicyclic) bond motifs is 2. The number of aliphatic hydroxyl groups excluding tert-OH is 1. The van der Waals surface area contributed by atoms with Crippen LogP contribution in [0.15, 0.2) is 64.6 Å². The molecule has 1 fully saturated rings. The fourth-order valence-electron chi connectivity index (χ4n) is 3.94. The normalized spacial score (nSPS) is 19.4. The largest absolute Gasteiger partial charge is 0.512 e. The van der Waals surface area contributed by atoms with Gasteiger partial charge in [-0.2, -0.15) is 0 Å². The van der Waals surface area contributed by atoms with Crippen molar-refractivity contribution in [2.75, 3.05) is 18.5 Å². The van der Waals surface area contributed by atoms with Crippen molar-refractivity contribution in [2.45, 2.75) is 35.0 Å². The lowest BCUT2D eigenvalue weighted by Gasteiger charge is -2.28. The summed E-state index contributed by atoms with van der Waals surface area (Å²) >= 11 is 0. The van der Waals surface area contributed by atoms with Crippen molar-refractivity contribution < 1.29 is 18.3 Å². The molecule has 1 saturated heterocycles. The summed E-state index contributed by atoms with van der Waals surface area (Å²) in [5.74, 6) is 0.349. The molecule has 1 atom stereocenters. The Morgan fingerprint density at radius 1 is 1.15 bits per heavy atom. The molecule has 0 aliphatic carbocycles. The molecule has 2 heterocycles. The lowest BCUT2D eigenvalue weighted by molar-refractivity contribution is 0.0614. The van der Waals surface area contributed by atoms with Crippen LogP contribution in [0.5, 0.6) is 0 Å². The molecule has 5 nitrogen and oxygen atoms in total. The van der Waals surface area contributed by atoms with Gasteiger partial charge >= 0.3 is 0 Å². The van der Waals surface area contributed by atoms with Crippen LogP contribution in [0.25, 0.3) is 0 Å². The Morgan fingerprint density at radius 2 is 1.85 bits per heavy atom. The highest BCUT2D eigenvalue weighted by molar-refractivity contribution is 7.92. The van der Waals surface area contributed by atoms with Crippen LogP contribution in [-0.4, -0.2) is 26.7 Å². The molecular formula is C21H23NO4S. The standard InChI is InChI=1S/C21H23NO4S/c1-14(23)17(12-15-8-10-26-11-9-15)16-6-7-21-19(13-16)22-18-4-2-3-5-20(18)27(21,24)25/h2-7,13,15,17,22-23H,1,8-12H2. The van der Waals surface area contributed by atoms with Crippen molar-refractivity contribution in [3.05, 3.63) is 60.4 Å². The Bertz CT molecular complexity index is 977. The van der Waals surface area contributed by atoms with Crippen LogP contribution >= 0.6 is 0 Å². The second-order valence-electron chi connectivity index (χ2n) is 7.22. The van der Waals surface area contributed by atoms with E-state index in [0.717, 1.165) is 38.0 Å². The average molecular weight is 385 g/mol. The summed E-state index contributed by atoms with van der Waals surface area (Å²) in [6.07, 6.45) is 2.71. The SMILES string of the molecule is C=C(O)C(CC1CCOCC1)c1ccc2c(c1)Nc1ccccc1S2(=O)=O. The highest BCUT2D eigenvalue weighted by Crippen LogP contribution is 2.42. The lowest BCUT2D eigenvalue weighted by Crippen LogP contribution is -2.19. The zero-order chi connectivity index (χ0) is 19.0. The number of hydrogen-bond acceptors (Lipinski definition) is 5. The predicted molar refractivity (Wildman–Crippen MR) is 104 cm³/mol. The Hall–Kier alpha value is -2.31. The van der Waals surface area contributed by atoms with Gasteiger partial charge in [0.1, 0.15) is 0 Å². The molecule has 4 rings (SSSR count). The van der Waals surface area contributed by atoms with Gasteiger partial charge in [0.15, 0.2) is 0 Å². The minimum Gasteiger partial charge on any atom is -0.512 e. The van der Waals surface area contributed by atoms with E-state index in [-0.39, 0.29) is 21.5 Å². The number of anilines is 2. The number of aliphatic hydroxyl groups is 1. The Morgan fingerprint density at radius 3 is 2.59 bits per heavy atom. The van der Waals surface area contributed by atoms with E-state index < -0.39 is 9.84 Å². The Kier molecular flexibility index (Phi) is 4.70. The summed E-state index contributed by atoms with van der Waals surface area (Å²) < 4.78 is 31.2. The van der Waals surface area contributed by atoms with Crippen LogP contribution in [0.1, 0.15) is 30.7 Å². The molecule has 0 bridgehead atoms. The van der Waals surface area contributed by atoms with Crippen molar-refractivity contribution in [3.8, 4) is 0 Å². The molecule has 0 aromatic heterocycles. The minimum atomic E-state index is -3.56. The number of ether oxygens (including phenoxy) is 1. The number of para-hydroxylation sites is 1. The average Bonchev–Trinajstić information content (AvgIpc) is 2.66. The van der Waals surface area contributed by atoms with E-state index in [1.54, 1.807) is 36.4 Å². The molecule has 27 heavy (non-hydrogen) atoms. The van der Waals surface area contributed by atoms with Crippen molar-refractivity contribution in [1.29, 1.82) is 0 Å². The first kappa shape index (κ1) is 18.1. The summed E-state index contributed by atoms with van der Waals surface area (Å²) in [4.78, 5) is 0.550. The maximum Gasteiger partial charge on any atom is 0.210 e. The predicted octanol–water partition coefficient (Wildman–Crippen LogP) is 4.55. The van der Waals surface area contributed by atoms with E-state index >= 15 is 0 Å². The van der Waals surface area contributed by atoms with Gasteiger partial charge in [0.25, 0.3) is 0 Å². The zero-order valence-electron chi connectivity index (χ0n) is 15.0. The van der Waals surface area contributed by atoms with Gasteiger partial charge in [-0.3, -0.25) is 0 Å². The van der Waals surface area contributed by atoms with Crippen LogP contribution < -0.4 is 5.32 Å².